The molecule has 0 aromatic heterocycles. The lowest BCUT2D eigenvalue weighted by Gasteiger charge is -2.29. The minimum Gasteiger partial charge on any atom is -0.397 e. The Morgan fingerprint density at radius 1 is 0.846 bits per heavy atom. The number of halogens is 6. The van der Waals surface area contributed by atoms with Crippen LogP contribution in [-0.2, 0) is 30.5 Å². The lowest BCUT2D eigenvalue weighted by atomic mass is 9.97. The number of benzene rings is 2. The Labute approximate surface area is 382 Å². The van der Waals surface area contributed by atoms with Gasteiger partial charge in [-0.05, 0) is 160 Å². The summed E-state index contributed by atoms with van der Waals surface area (Å²) in [7, 11) is 1.39. The van der Waals surface area contributed by atoms with Crippen molar-refractivity contribution in [3.63, 3.8) is 0 Å². The van der Waals surface area contributed by atoms with Crippen molar-refractivity contribution in [2.24, 2.45) is 5.92 Å². The van der Waals surface area contributed by atoms with Gasteiger partial charge in [-0.15, -0.1) is 0 Å². The number of hydrogen-bond acceptors (Lipinski definition) is 12. The Balaban J connectivity index is 2.27. The number of amides is 3. The number of rotatable bonds is 19. The summed E-state index contributed by atoms with van der Waals surface area (Å²) in [6, 6.07) is 1.94. The fourth-order valence-electron chi connectivity index (χ4n) is 4.56. The average Bonchev–Trinajstić information content (AvgIpc) is 3.08. The molecule has 0 heterocycles. The highest BCUT2D eigenvalue weighted by atomic mass is 127. The van der Waals surface area contributed by atoms with Crippen LogP contribution in [0.25, 0.3) is 0 Å². The van der Waals surface area contributed by atoms with E-state index in [1.165, 1.54) is 18.9 Å². The maximum Gasteiger partial charge on any atom is 0.345 e. The van der Waals surface area contributed by atoms with Crippen LogP contribution in [0.2, 0.25) is 0 Å². The van der Waals surface area contributed by atoms with E-state index < -0.39 is 61.1 Å². The SMILES string of the molecule is CCC(Cc1c(I)cc(I)c(N)c1I)C(=O)OOCC(O)CNC(=O)c1c(I)c(C(=O)NCC(O)CO)c(I)c(N(CC(O)COC)C(C)=O)c1I. The van der Waals surface area contributed by atoms with Crippen LogP contribution in [-0.4, -0.2) is 109 Å². The maximum atomic E-state index is 13.7. The molecule has 15 nitrogen and oxygen atoms in total. The van der Waals surface area contributed by atoms with Gasteiger partial charge in [0.2, 0.25) is 5.91 Å². The minimum atomic E-state index is -1.31. The van der Waals surface area contributed by atoms with Crippen molar-refractivity contribution in [1.82, 2.24) is 10.6 Å². The topological polar surface area (TPSA) is 230 Å². The molecule has 52 heavy (non-hydrogen) atoms. The van der Waals surface area contributed by atoms with Crippen LogP contribution >= 0.6 is 136 Å². The predicted octanol–water partition coefficient (Wildman–Crippen LogP) is 3.17. The second-order valence-electron chi connectivity index (χ2n) is 11.2. The van der Waals surface area contributed by atoms with Crippen molar-refractivity contribution in [1.29, 1.82) is 0 Å². The first-order valence-corrected chi connectivity index (χ1v) is 21.8. The molecule has 2 aromatic rings. The summed E-state index contributed by atoms with van der Waals surface area (Å²) in [5.41, 5.74) is 7.96. The number of carbonyl (C=O) groups is 4. The van der Waals surface area contributed by atoms with E-state index in [1.54, 1.807) is 0 Å². The normalized spacial score (nSPS) is 13.6. The van der Waals surface area contributed by atoms with E-state index in [0.29, 0.717) is 18.5 Å². The van der Waals surface area contributed by atoms with Crippen molar-refractivity contribution in [2.45, 2.75) is 45.0 Å². The number of aliphatic hydroxyl groups excluding tert-OH is 4. The quantitative estimate of drug-likeness (QED) is 0.0466. The van der Waals surface area contributed by atoms with Crippen molar-refractivity contribution >= 4 is 171 Å². The molecule has 2 aromatic carbocycles. The lowest BCUT2D eigenvalue weighted by Crippen LogP contribution is -2.41. The predicted molar refractivity (Wildman–Crippen MR) is 243 cm³/mol. The highest BCUT2D eigenvalue weighted by Gasteiger charge is 2.32. The van der Waals surface area contributed by atoms with E-state index in [-0.39, 0.29) is 53.8 Å². The van der Waals surface area contributed by atoms with Gasteiger partial charge >= 0.3 is 5.97 Å². The van der Waals surface area contributed by atoms with Crippen molar-refractivity contribution in [3.05, 3.63) is 44.2 Å². The Bertz CT molecular complexity index is 1620. The van der Waals surface area contributed by atoms with Gasteiger partial charge in [-0.1, -0.05) is 6.92 Å². The molecule has 0 aliphatic carbocycles. The largest absolute Gasteiger partial charge is 0.397 e. The number of nitrogens with zero attached hydrogens (tertiary/aromatic N) is 1. The second kappa shape index (κ2) is 23.5. The summed E-state index contributed by atoms with van der Waals surface area (Å²) < 4.78 is 8.52. The molecule has 21 heteroatoms. The first-order valence-electron chi connectivity index (χ1n) is 15.3. The Morgan fingerprint density at radius 2 is 1.40 bits per heavy atom. The summed E-state index contributed by atoms with van der Waals surface area (Å²) in [6.07, 6.45) is -2.81. The Morgan fingerprint density at radius 3 is 1.90 bits per heavy atom. The number of nitrogens with two attached hydrogens (primary N) is 1. The van der Waals surface area contributed by atoms with Crippen LogP contribution in [0.3, 0.4) is 0 Å². The molecule has 0 spiro atoms. The fourth-order valence-corrected chi connectivity index (χ4v) is 13.1. The minimum absolute atomic E-state index is 0.00258. The van der Waals surface area contributed by atoms with Crippen LogP contribution in [0.5, 0.6) is 0 Å². The van der Waals surface area contributed by atoms with E-state index in [4.69, 9.17) is 20.2 Å². The summed E-state index contributed by atoms with van der Waals surface area (Å²) in [5, 5.41) is 45.2. The van der Waals surface area contributed by atoms with E-state index in [1.807, 2.05) is 80.8 Å². The van der Waals surface area contributed by atoms with Gasteiger partial charge < -0.3 is 46.4 Å². The van der Waals surface area contributed by atoms with Crippen LogP contribution in [0.4, 0.5) is 11.4 Å². The van der Waals surface area contributed by atoms with Gasteiger partial charge in [0.15, 0.2) is 0 Å². The van der Waals surface area contributed by atoms with E-state index in [9.17, 15) is 39.6 Å². The van der Waals surface area contributed by atoms with Gasteiger partial charge in [0, 0.05) is 41.4 Å². The molecule has 0 bridgehead atoms. The molecule has 0 aliphatic rings. The number of nitrogen functional groups attached to an aromatic ring is 1. The summed E-state index contributed by atoms with van der Waals surface area (Å²) in [6.45, 7) is 1.12. The van der Waals surface area contributed by atoms with Gasteiger partial charge in [-0.25, -0.2) is 4.79 Å². The maximum absolute atomic E-state index is 13.7. The van der Waals surface area contributed by atoms with Gasteiger partial charge in [-0.3, -0.25) is 19.3 Å². The number of methoxy groups -OCH3 is 1. The fraction of sp³-hybridized carbons (Fsp3) is 0.484. The standard InChI is InChI=1S/C31H38I6N4O11/c1-4-14(5-18-19(32)6-20(33)27(38)23(18)34)31(49)52-51-12-16(45)8-40-30(48)22-24(35)21(29(47)39-7-15(44)10-42)25(36)28(26(22)37)41(13(2)43)9-17(46)11-50-3/h6,14-17,42,44-46H,4-5,7-12,38H2,1-3H3,(H,39,47)(H,40,48). The van der Waals surface area contributed by atoms with Crippen LogP contribution in [0.1, 0.15) is 46.5 Å². The summed E-state index contributed by atoms with van der Waals surface area (Å²) >= 11 is 12.1. The van der Waals surface area contributed by atoms with E-state index in [0.717, 1.165) is 16.3 Å². The summed E-state index contributed by atoms with van der Waals surface area (Å²) in [5.74, 6) is -3.05. The van der Waals surface area contributed by atoms with Gasteiger partial charge in [0.25, 0.3) is 11.8 Å². The first-order chi connectivity index (χ1) is 24.4. The number of anilines is 2. The number of ether oxygens (including phenoxy) is 1. The monoisotopic (exact) mass is 1400 g/mol. The van der Waals surface area contributed by atoms with E-state index in [2.05, 4.69) is 78.4 Å². The smallest absolute Gasteiger partial charge is 0.345 e. The zero-order valence-electron chi connectivity index (χ0n) is 28.0. The highest BCUT2D eigenvalue weighted by molar-refractivity contribution is 14.1. The molecular weight excluding hydrogens is 1370 g/mol. The number of nitrogens with one attached hydrogen (secondary N) is 2. The zero-order chi connectivity index (χ0) is 39.4. The molecule has 290 valence electrons. The molecule has 4 unspecified atom stereocenters. The number of carbonyl (C=O) groups excluding carboxylic acids is 4. The molecule has 0 radical (unpaired) electrons. The number of aliphatic hydroxyl groups is 4. The molecular formula is C31H38I6N4O11. The first kappa shape index (κ1) is 48.4. The van der Waals surface area contributed by atoms with Crippen molar-refractivity contribution in [3.8, 4) is 0 Å². The second-order valence-corrected chi connectivity index (χ2v) is 17.9. The highest BCUT2D eigenvalue weighted by Crippen LogP contribution is 2.38. The van der Waals surface area contributed by atoms with Crippen LogP contribution in [0.15, 0.2) is 6.07 Å². The van der Waals surface area contributed by atoms with Crippen LogP contribution < -0.4 is 21.3 Å². The Kier molecular flexibility index (Phi) is 21.9. The molecule has 0 fully saturated rings. The molecule has 2 rings (SSSR count). The third-order valence-electron chi connectivity index (χ3n) is 7.34. The third-order valence-corrected chi connectivity index (χ3v) is 13.6. The summed E-state index contributed by atoms with van der Waals surface area (Å²) in [4.78, 5) is 64.2. The molecule has 4 atom stereocenters. The molecule has 3 amide bonds. The molecule has 0 aliphatic heterocycles. The van der Waals surface area contributed by atoms with Gasteiger partial charge in [-0.2, -0.15) is 4.89 Å². The van der Waals surface area contributed by atoms with Gasteiger partial charge in [0.05, 0.1) is 73.6 Å². The third kappa shape index (κ3) is 13.4. The zero-order valence-corrected chi connectivity index (χ0v) is 40.9. The number of hydrogen-bond donors (Lipinski definition) is 7. The van der Waals surface area contributed by atoms with Crippen molar-refractivity contribution < 1.29 is 54.1 Å². The Hall–Kier alpha value is 0.260. The molecule has 0 saturated heterocycles. The van der Waals surface area contributed by atoms with Crippen LogP contribution in [0, 0.1) is 27.3 Å². The molecule has 0 saturated carbocycles. The average molecular weight is 1400 g/mol. The van der Waals surface area contributed by atoms with Crippen molar-refractivity contribution in [2.75, 3.05) is 57.2 Å². The van der Waals surface area contributed by atoms with E-state index >= 15 is 0 Å². The molecule has 8 N–H and O–H groups in total. The lowest BCUT2D eigenvalue weighted by molar-refractivity contribution is -0.284. The van der Waals surface area contributed by atoms with Gasteiger partial charge in [0.1, 0.15) is 6.61 Å².